The molecule has 0 aliphatic heterocycles. The van der Waals surface area contributed by atoms with Crippen LogP contribution in [0.3, 0.4) is 0 Å². The van der Waals surface area contributed by atoms with Crippen LogP contribution in [0.2, 0.25) is 0 Å². The van der Waals surface area contributed by atoms with Crippen molar-refractivity contribution in [1.82, 2.24) is 4.98 Å². The lowest BCUT2D eigenvalue weighted by atomic mass is 10.2. The van der Waals surface area contributed by atoms with Crippen LogP contribution in [0.5, 0.6) is 0 Å². The van der Waals surface area contributed by atoms with Gasteiger partial charge in [0.05, 0.1) is 10.2 Å². The highest BCUT2D eigenvalue weighted by molar-refractivity contribution is 8.02. The molecule has 3 rings (SSSR count). The van der Waals surface area contributed by atoms with Crippen LogP contribution in [-0.2, 0) is 0 Å². The molecule has 0 saturated heterocycles. The predicted octanol–water partition coefficient (Wildman–Crippen LogP) is 6.39. The van der Waals surface area contributed by atoms with Gasteiger partial charge in [-0.3, -0.25) is 0 Å². The van der Waals surface area contributed by atoms with E-state index in [9.17, 15) is 0 Å². The second-order valence-electron chi connectivity index (χ2n) is 5.54. The Morgan fingerprint density at radius 1 is 0.957 bits per heavy atom. The fraction of sp³-hybridized carbons (Fsp3) is 0.316. The molecule has 4 heteroatoms. The number of rotatable bonds is 8. The molecule has 2 aromatic carbocycles. The minimum Gasteiger partial charge on any atom is -0.310 e. The number of aromatic nitrogens is 1. The molecule has 120 valence electrons. The summed E-state index contributed by atoms with van der Waals surface area (Å²) in [5, 5.41) is 0. The number of thiazole rings is 1. The Bertz CT molecular complexity index is 691. The number of para-hydroxylation sites is 2. The van der Waals surface area contributed by atoms with Crippen LogP contribution >= 0.6 is 23.3 Å². The van der Waals surface area contributed by atoms with Crippen LogP contribution in [0.4, 0.5) is 5.69 Å². The van der Waals surface area contributed by atoms with Crippen molar-refractivity contribution in [3.63, 3.8) is 0 Å². The van der Waals surface area contributed by atoms with Crippen molar-refractivity contribution in [2.45, 2.75) is 36.9 Å². The fourth-order valence-electron chi connectivity index (χ4n) is 2.49. The smallest absolute Gasteiger partial charge is 0.171 e. The van der Waals surface area contributed by atoms with Crippen molar-refractivity contribution in [1.29, 1.82) is 0 Å². The molecule has 0 radical (unpaired) electrons. The maximum atomic E-state index is 4.76. The van der Waals surface area contributed by atoms with Gasteiger partial charge in [0.2, 0.25) is 0 Å². The lowest BCUT2D eigenvalue weighted by molar-refractivity contribution is 0.676. The standard InChI is InChI=1S/C19H22N2S2/c1-2-3-4-10-15-21(16-11-6-5-7-12-16)23-19-20-17-13-8-9-14-18(17)22-19/h5-9,11-14H,2-4,10,15H2,1H3. The number of fused-ring (bicyclic) bond motifs is 1. The Labute approximate surface area is 146 Å². The summed E-state index contributed by atoms with van der Waals surface area (Å²) in [6.45, 7) is 3.31. The average Bonchev–Trinajstić information content (AvgIpc) is 3.01. The van der Waals surface area contributed by atoms with E-state index in [0.29, 0.717) is 0 Å². The summed E-state index contributed by atoms with van der Waals surface area (Å²) >= 11 is 3.54. The Kier molecular flexibility index (Phi) is 5.94. The number of benzene rings is 2. The highest BCUT2D eigenvalue weighted by Crippen LogP contribution is 2.34. The predicted molar refractivity (Wildman–Crippen MR) is 103 cm³/mol. The molecule has 0 unspecified atom stereocenters. The lowest BCUT2D eigenvalue weighted by Crippen LogP contribution is -2.15. The van der Waals surface area contributed by atoms with E-state index in [1.165, 1.54) is 36.1 Å². The largest absolute Gasteiger partial charge is 0.310 e. The molecule has 0 atom stereocenters. The zero-order valence-corrected chi connectivity index (χ0v) is 15.1. The normalized spacial score (nSPS) is 11.0. The highest BCUT2D eigenvalue weighted by Gasteiger charge is 2.12. The monoisotopic (exact) mass is 342 g/mol. The Hall–Kier alpha value is -1.52. The van der Waals surface area contributed by atoms with E-state index in [2.05, 4.69) is 65.8 Å². The van der Waals surface area contributed by atoms with Crippen molar-refractivity contribution < 1.29 is 0 Å². The van der Waals surface area contributed by atoms with Crippen LogP contribution in [0.15, 0.2) is 58.9 Å². The van der Waals surface area contributed by atoms with E-state index in [-0.39, 0.29) is 0 Å². The molecule has 0 fully saturated rings. The summed E-state index contributed by atoms with van der Waals surface area (Å²) in [5.74, 6) is 0. The minimum atomic E-state index is 1.06. The van der Waals surface area contributed by atoms with E-state index >= 15 is 0 Å². The molecule has 0 saturated carbocycles. The second kappa shape index (κ2) is 8.37. The molecule has 2 nitrogen and oxygen atoms in total. The third kappa shape index (κ3) is 4.49. The summed E-state index contributed by atoms with van der Waals surface area (Å²) in [6.07, 6.45) is 5.10. The van der Waals surface area contributed by atoms with Crippen LogP contribution in [0.25, 0.3) is 10.2 Å². The van der Waals surface area contributed by atoms with Crippen molar-refractivity contribution in [2.75, 3.05) is 10.8 Å². The number of hydrogen-bond donors (Lipinski definition) is 0. The summed E-state index contributed by atoms with van der Waals surface area (Å²) in [5.41, 5.74) is 2.35. The van der Waals surface area contributed by atoms with E-state index in [4.69, 9.17) is 4.98 Å². The third-order valence-corrected chi connectivity index (χ3v) is 5.89. The van der Waals surface area contributed by atoms with Gasteiger partial charge in [0.1, 0.15) is 0 Å². The first kappa shape index (κ1) is 16.3. The van der Waals surface area contributed by atoms with Gasteiger partial charge in [-0.15, -0.1) is 11.3 Å². The van der Waals surface area contributed by atoms with E-state index in [1.54, 1.807) is 23.3 Å². The molecule has 1 aromatic heterocycles. The van der Waals surface area contributed by atoms with Crippen molar-refractivity contribution in [3.05, 3.63) is 54.6 Å². The second-order valence-corrected chi connectivity index (χ2v) is 7.84. The van der Waals surface area contributed by atoms with E-state index < -0.39 is 0 Å². The Morgan fingerprint density at radius 3 is 2.52 bits per heavy atom. The van der Waals surface area contributed by atoms with Crippen molar-refractivity contribution >= 4 is 39.2 Å². The zero-order valence-electron chi connectivity index (χ0n) is 13.4. The zero-order chi connectivity index (χ0) is 15.9. The molecule has 0 aliphatic rings. The quantitative estimate of drug-likeness (QED) is 0.348. The number of anilines is 1. The molecule has 0 spiro atoms. The van der Waals surface area contributed by atoms with Crippen LogP contribution in [0.1, 0.15) is 32.6 Å². The topological polar surface area (TPSA) is 16.1 Å². The fourth-order valence-corrected chi connectivity index (χ4v) is 4.65. The molecular weight excluding hydrogens is 320 g/mol. The van der Waals surface area contributed by atoms with Gasteiger partial charge in [0, 0.05) is 24.2 Å². The molecule has 0 bridgehead atoms. The average molecular weight is 343 g/mol. The van der Waals surface area contributed by atoms with E-state index in [0.717, 1.165) is 16.4 Å². The van der Waals surface area contributed by atoms with Crippen LogP contribution < -0.4 is 4.31 Å². The van der Waals surface area contributed by atoms with Gasteiger partial charge >= 0.3 is 0 Å². The summed E-state index contributed by atoms with van der Waals surface area (Å²) in [7, 11) is 0. The SMILES string of the molecule is CCCCCCN(Sc1nc2ccccc2s1)c1ccccc1. The van der Waals surface area contributed by atoms with Gasteiger partial charge in [0.25, 0.3) is 0 Å². The highest BCUT2D eigenvalue weighted by atomic mass is 32.2. The first-order valence-electron chi connectivity index (χ1n) is 8.23. The minimum absolute atomic E-state index is 1.06. The summed E-state index contributed by atoms with van der Waals surface area (Å²) in [4.78, 5) is 4.76. The molecule has 0 N–H and O–H groups in total. The molecule has 3 aromatic rings. The number of nitrogens with zero attached hydrogens (tertiary/aromatic N) is 2. The van der Waals surface area contributed by atoms with Gasteiger partial charge in [-0.2, -0.15) is 0 Å². The van der Waals surface area contributed by atoms with Gasteiger partial charge in [0.15, 0.2) is 4.34 Å². The van der Waals surface area contributed by atoms with Gasteiger partial charge < -0.3 is 4.31 Å². The third-order valence-electron chi connectivity index (χ3n) is 3.72. The first-order valence-corrected chi connectivity index (χ1v) is 9.82. The van der Waals surface area contributed by atoms with Crippen molar-refractivity contribution in [2.24, 2.45) is 0 Å². The van der Waals surface area contributed by atoms with Gasteiger partial charge in [-0.25, -0.2) is 4.98 Å². The molecular formula is C19H22N2S2. The number of hydrogen-bond acceptors (Lipinski definition) is 4. The Morgan fingerprint density at radius 2 is 1.74 bits per heavy atom. The van der Waals surface area contributed by atoms with E-state index in [1.807, 2.05) is 0 Å². The van der Waals surface area contributed by atoms with Crippen molar-refractivity contribution in [3.8, 4) is 0 Å². The molecule has 0 aliphatic carbocycles. The van der Waals surface area contributed by atoms with Gasteiger partial charge in [-0.1, -0.05) is 56.5 Å². The number of unbranched alkanes of at least 4 members (excludes halogenated alkanes) is 3. The maximum Gasteiger partial charge on any atom is 0.171 e. The summed E-state index contributed by atoms with van der Waals surface area (Å²) < 4.78 is 4.76. The van der Waals surface area contributed by atoms with Crippen LogP contribution in [-0.4, -0.2) is 11.5 Å². The van der Waals surface area contributed by atoms with Gasteiger partial charge in [-0.05, 0) is 30.7 Å². The lowest BCUT2D eigenvalue weighted by Gasteiger charge is -2.22. The molecule has 0 amide bonds. The molecule has 1 heterocycles. The molecule has 23 heavy (non-hydrogen) atoms. The first-order chi connectivity index (χ1) is 11.4. The Balaban J connectivity index is 1.74. The van der Waals surface area contributed by atoms with Crippen LogP contribution in [0, 0.1) is 0 Å². The maximum absolute atomic E-state index is 4.76. The summed E-state index contributed by atoms with van der Waals surface area (Å²) in [6, 6.07) is 19.0.